The molecule has 88 valence electrons. The summed E-state index contributed by atoms with van der Waals surface area (Å²) in [5.74, 6) is 0.852. The van der Waals surface area contributed by atoms with Crippen molar-refractivity contribution in [2.24, 2.45) is 0 Å². The molecule has 1 aromatic carbocycles. The Morgan fingerprint density at radius 2 is 1.88 bits per heavy atom. The first kappa shape index (κ1) is 11.3. The number of nitrogens with one attached hydrogen (secondary N) is 1. The molecule has 0 aliphatic heterocycles. The Morgan fingerprint density at radius 3 is 2.44 bits per heavy atom. The summed E-state index contributed by atoms with van der Waals surface area (Å²) in [5, 5.41) is 13.4. The number of rotatable bonds is 4. The minimum Gasteiger partial charge on any atom is -0.497 e. The first-order chi connectivity index (χ1) is 7.72. The molecule has 1 fully saturated rings. The number of ether oxygens (including phenoxy) is 1. The fraction of sp³-hybridized carbons (Fsp3) is 0.538. The van der Waals surface area contributed by atoms with Gasteiger partial charge in [-0.05, 0) is 37.1 Å². The summed E-state index contributed by atoms with van der Waals surface area (Å²) >= 11 is 0. The van der Waals surface area contributed by atoms with Crippen LogP contribution in [0.4, 0.5) is 5.69 Å². The van der Waals surface area contributed by atoms with Gasteiger partial charge in [0, 0.05) is 12.2 Å². The van der Waals surface area contributed by atoms with E-state index in [1.165, 1.54) is 0 Å². The fourth-order valence-corrected chi connectivity index (χ4v) is 2.19. The number of methoxy groups -OCH3 is 1. The van der Waals surface area contributed by atoms with Crippen molar-refractivity contribution in [2.75, 3.05) is 19.0 Å². The molecule has 3 heteroatoms. The summed E-state index contributed by atoms with van der Waals surface area (Å²) in [6.07, 6.45) is 4.11. The predicted molar refractivity (Wildman–Crippen MR) is 64.9 cm³/mol. The van der Waals surface area contributed by atoms with Crippen LogP contribution in [-0.4, -0.2) is 24.4 Å². The molecule has 0 bridgehead atoms. The van der Waals surface area contributed by atoms with E-state index in [9.17, 15) is 5.11 Å². The molecule has 0 saturated heterocycles. The molecule has 16 heavy (non-hydrogen) atoms. The maximum atomic E-state index is 10.2. The van der Waals surface area contributed by atoms with Gasteiger partial charge in [-0.3, -0.25) is 0 Å². The van der Waals surface area contributed by atoms with Crippen molar-refractivity contribution in [3.05, 3.63) is 24.3 Å². The Balaban J connectivity index is 1.89. The Morgan fingerprint density at radius 1 is 1.25 bits per heavy atom. The Hall–Kier alpha value is -1.22. The largest absolute Gasteiger partial charge is 0.497 e. The quantitative estimate of drug-likeness (QED) is 0.820. The first-order valence-electron chi connectivity index (χ1n) is 5.82. The number of aliphatic hydroxyl groups is 1. The molecule has 1 aliphatic rings. The Kier molecular flexibility index (Phi) is 3.34. The third kappa shape index (κ3) is 2.67. The molecule has 0 atom stereocenters. The number of hydrogen-bond acceptors (Lipinski definition) is 3. The maximum Gasteiger partial charge on any atom is 0.119 e. The van der Waals surface area contributed by atoms with Gasteiger partial charge < -0.3 is 15.2 Å². The lowest BCUT2D eigenvalue weighted by molar-refractivity contribution is 0.0615. The van der Waals surface area contributed by atoms with Crippen molar-refractivity contribution in [3.63, 3.8) is 0 Å². The highest BCUT2D eigenvalue weighted by Crippen LogP contribution is 2.29. The molecule has 0 aromatic heterocycles. The van der Waals surface area contributed by atoms with Gasteiger partial charge in [-0.1, -0.05) is 12.8 Å². The van der Waals surface area contributed by atoms with Gasteiger partial charge in [0.2, 0.25) is 0 Å². The molecule has 2 rings (SSSR count). The van der Waals surface area contributed by atoms with Gasteiger partial charge in [-0.15, -0.1) is 0 Å². The Bertz CT molecular complexity index is 328. The number of benzene rings is 1. The van der Waals surface area contributed by atoms with E-state index < -0.39 is 5.60 Å². The molecular weight excluding hydrogens is 202 g/mol. The second kappa shape index (κ2) is 4.74. The van der Waals surface area contributed by atoms with E-state index in [1.54, 1.807) is 7.11 Å². The van der Waals surface area contributed by atoms with E-state index in [0.29, 0.717) is 6.54 Å². The van der Waals surface area contributed by atoms with E-state index in [1.807, 2.05) is 24.3 Å². The smallest absolute Gasteiger partial charge is 0.119 e. The molecule has 3 nitrogen and oxygen atoms in total. The predicted octanol–water partition coefficient (Wildman–Crippen LogP) is 2.41. The van der Waals surface area contributed by atoms with Gasteiger partial charge in [0.15, 0.2) is 0 Å². The van der Waals surface area contributed by atoms with Crippen molar-refractivity contribution in [1.29, 1.82) is 0 Å². The summed E-state index contributed by atoms with van der Waals surface area (Å²) in [5.41, 5.74) is 0.529. The molecule has 0 amide bonds. The van der Waals surface area contributed by atoms with E-state index in [0.717, 1.165) is 37.1 Å². The third-order valence-electron chi connectivity index (χ3n) is 3.25. The van der Waals surface area contributed by atoms with E-state index in [4.69, 9.17) is 4.74 Å². The zero-order chi connectivity index (χ0) is 11.4. The van der Waals surface area contributed by atoms with E-state index in [-0.39, 0.29) is 0 Å². The van der Waals surface area contributed by atoms with Crippen molar-refractivity contribution in [2.45, 2.75) is 31.3 Å². The zero-order valence-electron chi connectivity index (χ0n) is 9.70. The van der Waals surface area contributed by atoms with Crippen LogP contribution in [0.3, 0.4) is 0 Å². The van der Waals surface area contributed by atoms with Crippen molar-refractivity contribution >= 4 is 5.69 Å². The molecule has 0 unspecified atom stereocenters. The summed E-state index contributed by atoms with van der Waals surface area (Å²) in [6, 6.07) is 7.77. The highest BCUT2D eigenvalue weighted by molar-refractivity contribution is 5.46. The fourth-order valence-electron chi connectivity index (χ4n) is 2.19. The third-order valence-corrected chi connectivity index (χ3v) is 3.25. The lowest BCUT2D eigenvalue weighted by Crippen LogP contribution is -2.33. The normalized spacial score (nSPS) is 18.4. The molecule has 1 aliphatic carbocycles. The van der Waals surface area contributed by atoms with Crippen LogP contribution in [0.15, 0.2) is 24.3 Å². The van der Waals surface area contributed by atoms with Gasteiger partial charge in [-0.25, -0.2) is 0 Å². The average molecular weight is 221 g/mol. The van der Waals surface area contributed by atoms with Crippen LogP contribution in [0.5, 0.6) is 5.75 Å². The highest BCUT2D eigenvalue weighted by atomic mass is 16.5. The average Bonchev–Trinajstić information content (AvgIpc) is 2.75. The lowest BCUT2D eigenvalue weighted by Gasteiger charge is -2.23. The van der Waals surface area contributed by atoms with Crippen LogP contribution in [-0.2, 0) is 0 Å². The number of anilines is 1. The molecular formula is C13H19NO2. The minimum atomic E-state index is -0.500. The van der Waals surface area contributed by atoms with Gasteiger partial charge in [0.25, 0.3) is 0 Å². The van der Waals surface area contributed by atoms with Gasteiger partial charge in [0.05, 0.1) is 12.7 Å². The highest BCUT2D eigenvalue weighted by Gasteiger charge is 2.30. The lowest BCUT2D eigenvalue weighted by atomic mass is 10.0. The van der Waals surface area contributed by atoms with Crippen molar-refractivity contribution in [1.82, 2.24) is 0 Å². The summed E-state index contributed by atoms with van der Waals surface area (Å²) in [7, 11) is 1.66. The van der Waals surface area contributed by atoms with Crippen LogP contribution < -0.4 is 10.1 Å². The molecule has 1 saturated carbocycles. The van der Waals surface area contributed by atoms with Crippen molar-refractivity contribution in [3.8, 4) is 5.75 Å². The van der Waals surface area contributed by atoms with Gasteiger partial charge in [0.1, 0.15) is 5.75 Å². The van der Waals surface area contributed by atoms with Gasteiger partial charge >= 0.3 is 0 Å². The Labute approximate surface area is 96.4 Å². The maximum absolute atomic E-state index is 10.2. The number of hydrogen-bond donors (Lipinski definition) is 2. The van der Waals surface area contributed by atoms with Crippen LogP contribution in [0.25, 0.3) is 0 Å². The SMILES string of the molecule is COc1ccc(NCC2(O)CCCC2)cc1. The van der Waals surface area contributed by atoms with Crippen molar-refractivity contribution < 1.29 is 9.84 Å². The molecule has 0 radical (unpaired) electrons. The topological polar surface area (TPSA) is 41.5 Å². The summed E-state index contributed by atoms with van der Waals surface area (Å²) in [6.45, 7) is 0.638. The standard InChI is InChI=1S/C13H19NO2/c1-16-12-6-4-11(5-7-12)14-10-13(15)8-2-3-9-13/h4-7,14-15H,2-3,8-10H2,1H3. The van der Waals surface area contributed by atoms with E-state index in [2.05, 4.69) is 5.32 Å². The molecule has 1 aromatic rings. The van der Waals surface area contributed by atoms with Crippen LogP contribution >= 0.6 is 0 Å². The second-order valence-corrected chi connectivity index (χ2v) is 4.51. The molecule has 0 spiro atoms. The van der Waals surface area contributed by atoms with Crippen LogP contribution in [0.2, 0.25) is 0 Å². The first-order valence-corrected chi connectivity index (χ1v) is 5.82. The van der Waals surface area contributed by atoms with Gasteiger partial charge in [-0.2, -0.15) is 0 Å². The van der Waals surface area contributed by atoms with E-state index >= 15 is 0 Å². The second-order valence-electron chi connectivity index (χ2n) is 4.51. The minimum absolute atomic E-state index is 0.500. The summed E-state index contributed by atoms with van der Waals surface area (Å²) < 4.78 is 5.09. The molecule has 0 heterocycles. The zero-order valence-corrected chi connectivity index (χ0v) is 9.70. The molecule has 2 N–H and O–H groups in total. The summed E-state index contributed by atoms with van der Waals surface area (Å²) in [4.78, 5) is 0. The van der Waals surface area contributed by atoms with Crippen LogP contribution in [0.1, 0.15) is 25.7 Å². The monoisotopic (exact) mass is 221 g/mol. The van der Waals surface area contributed by atoms with Crippen LogP contribution in [0, 0.1) is 0 Å².